The molecule has 2 aromatic heterocycles. The fraction of sp³-hybridized carbons (Fsp3) is 0.250. The molecule has 29 heavy (non-hydrogen) atoms. The quantitative estimate of drug-likeness (QED) is 0.626. The number of benzene rings is 1. The van der Waals surface area contributed by atoms with Gasteiger partial charge in [-0.25, -0.2) is 18.7 Å². The number of fused-ring (bicyclic) bond motifs is 1. The fourth-order valence-corrected chi connectivity index (χ4v) is 3.24. The molecule has 0 bridgehead atoms. The van der Waals surface area contributed by atoms with Crippen molar-refractivity contribution in [3.63, 3.8) is 0 Å². The molecular formula is C20H16ClF2N3O3. The van der Waals surface area contributed by atoms with Crippen LogP contribution < -0.4 is 10.1 Å². The van der Waals surface area contributed by atoms with Crippen LogP contribution >= 0.6 is 11.6 Å². The lowest BCUT2D eigenvalue weighted by molar-refractivity contribution is 0.101. The first-order valence-corrected chi connectivity index (χ1v) is 9.31. The first kappa shape index (κ1) is 19.5. The van der Waals surface area contributed by atoms with Crippen LogP contribution in [0.15, 0.2) is 36.5 Å². The maximum atomic E-state index is 14.8. The summed E-state index contributed by atoms with van der Waals surface area (Å²) in [6.45, 7) is 1.68. The van der Waals surface area contributed by atoms with Crippen molar-refractivity contribution in [2.24, 2.45) is 5.92 Å². The summed E-state index contributed by atoms with van der Waals surface area (Å²) in [5, 5.41) is 3.10. The molecular weight excluding hydrogens is 404 g/mol. The van der Waals surface area contributed by atoms with Crippen molar-refractivity contribution in [2.75, 3.05) is 25.1 Å². The smallest absolute Gasteiger partial charge is 0.277 e. The minimum absolute atomic E-state index is 0.0261. The lowest BCUT2D eigenvalue weighted by atomic mass is 10.1. The van der Waals surface area contributed by atoms with Gasteiger partial charge in [0.15, 0.2) is 11.5 Å². The molecule has 1 unspecified atom stereocenters. The normalized spacial score (nSPS) is 16.2. The molecule has 1 atom stereocenters. The minimum Gasteiger partial charge on any atom is -0.477 e. The van der Waals surface area contributed by atoms with Gasteiger partial charge in [-0.15, -0.1) is 0 Å². The number of pyridine rings is 2. The van der Waals surface area contributed by atoms with Crippen LogP contribution in [-0.2, 0) is 4.74 Å². The molecule has 1 N–H and O–H groups in total. The summed E-state index contributed by atoms with van der Waals surface area (Å²) < 4.78 is 39.6. The molecule has 1 saturated heterocycles. The van der Waals surface area contributed by atoms with Crippen LogP contribution in [0.2, 0.25) is 5.15 Å². The molecule has 1 amide bonds. The Labute approximate surface area is 169 Å². The summed E-state index contributed by atoms with van der Waals surface area (Å²) >= 11 is 5.71. The summed E-state index contributed by atoms with van der Waals surface area (Å²) in [6, 6.07) is 6.53. The Morgan fingerprint density at radius 3 is 2.93 bits per heavy atom. The number of hydrogen-bond acceptors (Lipinski definition) is 5. The van der Waals surface area contributed by atoms with Crippen LogP contribution in [0.4, 0.5) is 14.5 Å². The van der Waals surface area contributed by atoms with E-state index in [-0.39, 0.29) is 28.0 Å². The van der Waals surface area contributed by atoms with Gasteiger partial charge < -0.3 is 14.8 Å². The third-order valence-corrected chi connectivity index (χ3v) is 4.76. The number of carbonyl (C=O) groups is 1. The monoisotopic (exact) mass is 419 g/mol. The predicted molar refractivity (Wildman–Crippen MR) is 103 cm³/mol. The van der Waals surface area contributed by atoms with Gasteiger partial charge in [-0.05, 0) is 42.1 Å². The highest BCUT2D eigenvalue weighted by molar-refractivity contribution is 6.29. The number of halogens is 3. The number of rotatable bonds is 5. The number of hydrogen-bond donors (Lipinski definition) is 1. The van der Waals surface area contributed by atoms with Gasteiger partial charge in [0.05, 0.1) is 18.6 Å². The van der Waals surface area contributed by atoms with E-state index in [1.54, 1.807) is 12.1 Å². The summed E-state index contributed by atoms with van der Waals surface area (Å²) in [7, 11) is 0. The van der Waals surface area contributed by atoms with Crippen molar-refractivity contribution in [3.05, 3.63) is 59.0 Å². The average molecular weight is 420 g/mol. The first-order valence-electron chi connectivity index (χ1n) is 8.93. The Morgan fingerprint density at radius 1 is 1.28 bits per heavy atom. The molecule has 0 spiro atoms. The third-order valence-electron chi connectivity index (χ3n) is 4.55. The molecule has 0 radical (unpaired) electrons. The number of aromatic nitrogens is 2. The molecule has 3 heterocycles. The van der Waals surface area contributed by atoms with E-state index in [1.165, 1.54) is 12.3 Å². The average Bonchev–Trinajstić information content (AvgIpc) is 3.21. The first-order chi connectivity index (χ1) is 14.0. The van der Waals surface area contributed by atoms with E-state index in [0.717, 1.165) is 18.6 Å². The van der Waals surface area contributed by atoms with E-state index in [0.29, 0.717) is 25.2 Å². The van der Waals surface area contributed by atoms with Crippen LogP contribution in [0.1, 0.15) is 16.9 Å². The molecule has 6 nitrogen and oxygen atoms in total. The van der Waals surface area contributed by atoms with E-state index in [2.05, 4.69) is 15.3 Å². The molecule has 3 aromatic rings. The van der Waals surface area contributed by atoms with E-state index in [4.69, 9.17) is 21.1 Å². The maximum Gasteiger partial charge on any atom is 0.277 e. The SMILES string of the molecule is O=C(Nc1cc(F)c2c(OCC3CCOC3)nccc2c1)c1nc(Cl)ccc1F. The van der Waals surface area contributed by atoms with Crippen LogP contribution in [0, 0.1) is 17.6 Å². The van der Waals surface area contributed by atoms with Crippen molar-refractivity contribution in [1.29, 1.82) is 0 Å². The summed E-state index contributed by atoms with van der Waals surface area (Å²) in [5.41, 5.74) is -0.335. The van der Waals surface area contributed by atoms with Gasteiger partial charge in [0, 0.05) is 24.4 Å². The van der Waals surface area contributed by atoms with E-state index >= 15 is 0 Å². The molecule has 0 saturated carbocycles. The highest BCUT2D eigenvalue weighted by Crippen LogP contribution is 2.30. The van der Waals surface area contributed by atoms with Crippen LogP contribution in [0.3, 0.4) is 0 Å². The Balaban J connectivity index is 1.58. The Bertz CT molecular complexity index is 1070. The topological polar surface area (TPSA) is 73.3 Å². The van der Waals surface area contributed by atoms with Crippen molar-refractivity contribution < 1.29 is 23.0 Å². The second kappa shape index (κ2) is 8.26. The standard InChI is InChI=1S/C20H16ClF2N3O3/c21-16-2-1-14(22)18(26-16)19(27)25-13-7-12-3-5-24-20(17(12)15(23)8-13)29-10-11-4-6-28-9-11/h1-3,5,7-8,11H,4,6,9-10H2,(H,25,27). The van der Waals surface area contributed by atoms with Gasteiger partial charge in [0.25, 0.3) is 5.91 Å². The molecule has 9 heteroatoms. The zero-order chi connectivity index (χ0) is 20.4. The molecule has 150 valence electrons. The van der Waals surface area contributed by atoms with E-state index in [1.807, 2.05) is 0 Å². The third kappa shape index (κ3) is 4.28. The Kier molecular flexibility index (Phi) is 5.55. The summed E-state index contributed by atoms with van der Waals surface area (Å²) in [5.74, 6) is -1.87. The zero-order valence-corrected chi connectivity index (χ0v) is 15.9. The van der Waals surface area contributed by atoms with Crippen molar-refractivity contribution in [1.82, 2.24) is 9.97 Å². The Hall–Kier alpha value is -2.84. The molecule has 1 fully saturated rings. The second-order valence-electron chi connectivity index (χ2n) is 6.63. The van der Waals surface area contributed by atoms with Gasteiger partial charge in [-0.3, -0.25) is 4.79 Å². The van der Waals surface area contributed by atoms with Crippen molar-refractivity contribution in [2.45, 2.75) is 6.42 Å². The molecule has 1 aromatic carbocycles. The van der Waals surface area contributed by atoms with Crippen LogP contribution in [0.25, 0.3) is 10.8 Å². The van der Waals surface area contributed by atoms with Gasteiger partial charge in [0.2, 0.25) is 5.88 Å². The lowest BCUT2D eigenvalue weighted by Crippen LogP contribution is -2.16. The van der Waals surface area contributed by atoms with E-state index in [9.17, 15) is 13.6 Å². The van der Waals surface area contributed by atoms with Crippen LogP contribution in [-0.4, -0.2) is 35.7 Å². The van der Waals surface area contributed by atoms with Crippen molar-refractivity contribution >= 4 is 34.0 Å². The number of amides is 1. The largest absolute Gasteiger partial charge is 0.477 e. The zero-order valence-electron chi connectivity index (χ0n) is 15.1. The predicted octanol–water partition coefficient (Wildman–Crippen LogP) is 4.23. The number of ether oxygens (including phenoxy) is 2. The van der Waals surface area contributed by atoms with Crippen molar-refractivity contribution in [3.8, 4) is 5.88 Å². The molecule has 1 aliphatic rings. The van der Waals surface area contributed by atoms with Crippen LogP contribution in [0.5, 0.6) is 5.88 Å². The summed E-state index contributed by atoms with van der Waals surface area (Å²) in [4.78, 5) is 20.1. The fourth-order valence-electron chi connectivity index (χ4n) is 3.10. The van der Waals surface area contributed by atoms with E-state index < -0.39 is 23.2 Å². The highest BCUT2D eigenvalue weighted by Gasteiger charge is 2.19. The minimum atomic E-state index is -0.837. The number of nitrogens with one attached hydrogen (secondary N) is 1. The molecule has 0 aliphatic carbocycles. The number of anilines is 1. The van der Waals surface area contributed by atoms with Gasteiger partial charge in [-0.1, -0.05) is 11.6 Å². The number of carbonyl (C=O) groups excluding carboxylic acids is 1. The maximum absolute atomic E-state index is 14.8. The lowest BCUT2D eigenvalue weighted by Gasteiger charge is -2.13. The Morgan fingerprint density at radius 2 is 2.14 bits per heavy atom. The molecule has 1 aliphatic heterocycles. The highest BCUT2D eigenvalue weighted by atomic mass is 35.5. The van der Waals surface area contributed by atoms with Gasteiger partial charge in [0.1, 0.15) is 11.0 Å². The second-order valence-corrected chi connectivity index (χ2v) is 7.02. The number of nitrogens with zero attached hydrogens (tertiary/aromatic N) is 2. The molecule has 4 rings (SSSR count). The van der Waals surface area contributed by atoms with Gasteiger partial charge >= 0.3 is 0 Å². The summed E-state index contributed by atoms with van der Waals surface area (Å²) in [6.07, 6.45) is 2.38. The van der Waals surface area contributed by atoms with Gasteiger partial charge in [-0.2, -0.15) is 0 Å².